The van der Waals surface area contributed by atoms with Crippen molar-refractivity contribution in [3.63, 3.8) is 0 Å². The molecule has 0 nitrogen and oxygen atoms in total. The van der Waals surface area contributed by atoms with Gasteiger partial charge < -0.3 is 0 Å². The number of rotatable bonds is 0. The van der Waals surface area contributed by atoms with Gasteiger partial charge in [0.15, 0.2) is 0 Å². The van der Waals surface area contributed by atoms with Gasteiger partial charge in [0.1, 0.15) is 0 Å². The maximum Gasteiger partial charge on any atom is -0.0260 e. The summed E-state index contributed by atoms with van der Waals surface area (Å²) in [6, 6.07) is 0. The lowest BCUT2D eigenvalue weighted by molar-refractivity contribution is 0.222. The summed E-state index contributed by atoms with van der Waals surface area (Å²) in [5.41, 5.74) is 0.703. The van der Waals surface area contributed by atoms with Gasteiger partial charge in [-0.25, -0.2) is 0 Å². The standard InChI is InChI=1S/C10H16/c1-10-7-3-2-5-9(10)6-4-8-10/h2-3,9H,4-8H2,1H3. The summed E-state index contributed by atoms with van der Waals surface area (Å²) in [6.45, 7) is 2.47. The molecular weight excluding hydrogens is 120 g/mol. The van der Waals surface area contributed by atoms with E-state index < -0.39 is 0 Å². The van der Waals surface area contributed by atoms with Gasteiger partial charge in [0, 0.05) is 0 Å². The van der Waals surface area contributed by atoms with E-state index in [4.69, 9.17) is 0 Å². The van der Waals surface area contributed by atoms with Crippen molar-refractivity contribution < 1.29 is 0 Å². The molecule has 0 heteroatoms. The third-order valence-corrected chi connectivity index (χ3v) is 3.46. The fraction of sp³-hybridized carbons (Fsp3) is 0.800. The second-order valence-electron chi connectivity index (χ2n) is 4.15. The van der Waals surface area contributed by atoms with Crippen molar-refractivity contribution in [3.8, 4) is 0 Å². The average molecular weight is 136 g/mol. The van der Waals surface area contributed by atoms with Crippen LogP contribution in [0.15, 0.2) is 12.2 Å². The number of hydrogen-bond donors (Lipinski definition) is 0. The van der Waals surface area contributed by atoms with Crippen LogP contribution in [0.5, 0.6) is 0 Å². The first-order valence-corrected chi connectivity index (χ1v) is 4.46. The van der Waals surface area contributed by atoms with Crippen LogP contribution < -0.4 is 0 Å². The molecule has 2 rings (SSSR count). The predicted octanol–water partition coefficient (Wildman–Crippen LogP) is 3.14. The third-order valence-electron chi connectivity index (χ3n) is 3.46. The summed E-state index contributed by atoms with van der Waals surface area (Å²) >= 11 is 0. The Morgan fingerprint density at radius 2 is 2.30 bits per heavy atom. The van der Waals surface area contributed by atoms with Gasteiger partial charge in [0.25, 0.3) is 0 Å². The molecule has 2 aliphatic rings. The zero-order valence-corrected chi connectivity index (χ0v) is 6.77. The Morgan fingerprint density at radius 3 is 3.10 bits per heavy atom. The van der Waals surface area contributed by atoms with E-state index in [0.29, 0.717) is 5.41 Å². The monoisotopic (exact) mass is 136 g/mol. The number of allylic oxidation sites excluding steroid dienone is 2. The smallest absolute Gasteiger partial charge is 0.0260 e. The number of hydrogen-bond acceptors (Lipinski definition) is 0. The molecule has 10 heavy (non-hydrogen) atoms. The van der Waals surface area contributed by atoms with Gasteiger partial charge >= 0.3 is 0 Å². The van der Waals surface area contributed by atoms with Gasteiger partial charge in [-0.1, -0.05) is 25.5 Å². The Labute approximate surface area is 63.3 Å². The van der Waals surface area contributed by atoms with E-state index >= 15 is 0 Å². The first-order valence-electron chi connectivity index (χ1n) is 4.46. The van der Waals surface area contributed by atoms with Crippen LogP contribution >= 0.6 is 0 Å². The highest BCUT2D eigenvalue weighted by Crippen LogP contribution is 2.49. The van der Waals surface area contributed by atoms with E-state index in [-0.39, 0.29) is 0 Å². The van der Waals surface area contributed by atoms with Gasteiger partial charge in [-0.3, -0.25) is 0 Å². The van der Waals surface area contributed by atoms with E-state index in [1.807, 2.05) is 0 Å². The highest BCUT2D eigenvalue weighted by Gasteiger charge is 2.38. The molecule has 0 aliphatic heterocycles. The summed E-state index contributed by atoms with van der Waals surface area (Å²) < 4.78 is 0. The lowest BCUT2D eigenvalue weighted by atomic mass is 9.73. The van der Waals surface area contributed by atoms with E-state index in [9.17, 15) is 0 Å². The second-order valence-corrected chi connectivity index (χ2v) is 4.15. The first-order chi connectivity index (χ1) is 4.81. The van der Waals surface area contributed by atoms with Crippen molar-refractivity contribution in [2.45, 2.75) is 39.0 Å². The molecule has 0 bridgehead atoms. The Morgan fingerprint density at radius 1 is 1.40 bits per heavy atom. The van der Waals surface area contributed by atoms with Crippen LogP contribution in [-0.2, 0) is 0 Å². The largest absolute Gasteiger partial charge is 0.0882 e. The molecular formula is C10H16. The molecule has 56 valence electrons. The van der Waals surface area contributed by atoms with Gasteiger partial charge in [0.05, 0.1) is 0 Å². The molecule has 2 aliphatic carbocycles. The summed E-state index contributed by atoms with van der Waals surface area (Å²) in [5, 5.41) is 0. The molecule has 0 aromatic carbocycles. The minimum absolute atomic E-state index is 0.703. The molecule has 0 aromatic heterocycles. The molecule has 0 radical (unpaired) electrons. The zero-order chi connectivity index (χ0) is 7.03. The molecule has 0 amide bonds. The molecule has 2 atom stereocenters. The van der Waals surface area contributed by atoms with Crippen LogP contribution in [0.25, 0.3) is 0 Å². The van der Waals surface area contributed by atoms with Crippen LogP contribution in [0.1, 0.15) is 39.0 Å². The Kier molecular flexibility index (Phi) is 1.36. The molecule has 0 saturated heterocycles. The Balaban J connectivity index is 2.20. The third kappa shape index (κ3) is 0.817. The van der Waals surface area contributed by atoms with Crippen LogP contribution in [-0.4, -0.2) is 0 Å². The molecule has 1 saturated carbocycles. The van der Waals surface area contributed by atoms with Crippen LogP contribution in [0.3, 0.4) is 0 Å². The molecule has 0 heterocycles. The maximum absolute atomic E-state index is 2.47. The maximum atomic E-state index is 2.47. The fourth-order valence-electron chi connectivity index (χ4n) is 2.59. The van der Waals surface area contributed by atoms with Crippen molar-refractivity contribution in [2.75, 3.05) is 0 Å². The van der Waals surface area contributed by atoms with Gasteiger partial charge in [0.2, 0.25) is 0 Å². The lowest BCUT2D eigenvalue weighted by Gasteiger charge is -2.32. The minimum Gasteiger partial charge on any atom is -0.0882 e. The van der Waals surface area contributed by atoms with Crippen molar-refractivity contribution in [1.82, 2.24) is 0 Å². The van der Waals surface area contributed by atoms with Gasteiger partial charge in [-0.2, -0.15) is 0 Å². The van der Waals surface area contributed by atoms with Gasteiger partial charge in [-0.05, 0) is 37.0 Å². The van der Waals surface area contributed by atoms with Crippen LogP contribution in [0.4, 0.5) is 0 Å². The molecule has 2 unspecified atom stereocenters. The Bertz CT molecular complexity index is 157. The first kappa shape index (κ1) is 6.45. The molecule has 1 fully saturated rings. The molecule has 0 spiro atoms. The van der Waals surface area contributed by atoms with E-state index in [2.05, 4.69) is 19.1 Å². The quantitative estimate of drug-likeness (QED) is 0.449. The highest BCUT2D eigenvalue weighted by molar-refractivity contribution is 5.03. The molecule has 0 aromatic rings. The minimum atomic E-state index is 0.703. The van der Waals surface area contributed by atoms with E-state index in [1.165, 1.54) is 32.1 Å². The van der Waals surface area contributed by atoms with Crippen molar-refractivity contribution >= 4 is 0 Å². The average Bonchev–Trinajstić information content (AvgIpc) is 2.29. The van der Waals surface area contributed by atoms with E-state index in [0.717, 1.165) is 5.92 Å². The second kappa shape index (κ2) is 2.11. The van der Waals surface area contributed by atoms with Crippen molar-refractivity contribution in [3.05, 3.63) is 12.2 Å². The zero-order valence-electron chi connectivity index (χ0n) is 6.77. The van der Waals surface area contributed by atoms with Crippen LogP contribution in [0.2, 0.25) is 0 Å². The SMILES string of the molecule is CC12CC=CCC1CCC2. The summed E-state index contributed by atoms with van der Waals surface area (Å²) in [4.78, 5) is 0. The number of fused-ring (bicyclic) bond motifs is 1. The highest BCUT2D eigenvalue weighted by atomic mass is 14.4. The topological polar surface area (TPSA) is 0 Å². The van der Waals surface area contributed by atoms with E-state index in [1.54, 1.807) is 0 Å². The van der Waals surface area contributed by atoms with Gasteiger partial charge in [-0.15, -0.1) is 0 Å². The van der Waals surface area contributed by atoms with Crippen LogP contribution in [0, 0.1) is 11.3 Å². The Hall–Kier alpha value is -0.260. The summed E-state index contributed by atoms with van der Waals surface area (Å²) in [7, 11) is 0. The predicted molar refractivity (Wildman–Crippen MR) is 43.8 cm³/mol. The lowest BCUT2D eigenvalue weighted by Crippen LogP contribution is -2.22. The fourth-order valence-corrected chi connectivity index (χ4v) is 2.59. The summed E-state index contributed by atoms with van der Waals surface area (Å²) in [5.74, 6) is 1.03. The van der Waals surface area contributed by atoms with Crippen molar-refractivity contribution in [2.24, 2.45) is 11.3 Å². The van der Waals surface area contributed by atoms with Crippen molar-refractivity contribution in [1.29, 1.82) is 0 Å². The summed E-state index contributed by atoms with van der Waals surface area (Å²) in [6.07, 6.45) is 11.9. The normalized spacial score (nSPS) is 45.5. The molecule has 0 N–H and O–H groups in total.